The van der Waals surface area contributed by atoms with Crippen LogP contribution in [0.1, 0.15) is 12.8 Å². The van der Waals surface area contributed by atoms with Gasteiger partial charge in [-0.2, -0.15) is 0 Å². The van der Waals surface area contributed by atoms with Gasteiger partial charge >= 0.3 is 0 Å². The van der Waals surface area contributed by atoms with E-state index in [-0.39, 0.29) is 0 Å². The van der Waals surface area contributed by atoms with E-state index >= 15 is 0 Å². The number of likely N-dealkylation sites (tertiary alicyclic amines) is 1. The molecule has 118 valence electrons. The second-order valence-corrected chi connectivity index (χ2v) is 6.38. The summed E-state index contributed by atoms with van der Waals surface area (Å²) in [5, 5.41) is 4.65. The molecule has 0 unspecified atom stereocenters. The van der Waals surface area contributed by atoms with Crippen LogP contribution in [-0.2, 0) is 6.54 Å². The molecule has 0 bridgehead atoms. The molecule has 0 spiro atoms. The Labute approximate surface area is 131 Å². The van der Waals surface area contributed by atoms with Crippen molar-refractivity contribution in [1.82, 2.24) is 19.8 Å². The van der Waals surface area contributed by atoms with Gasteiger partial charge in [-0.25, -0.2) is 4.98 Å². The minimum absolute atomic E-state index is 1.04. The van der Waals surface area contributed by atoms with Gasteiger partial charge in [0, 0.05) is 50.9 Å². The normalized spacial score (nSPS) is 20.1. The number of nitrogens with zero attached hydrogens (tertiary/aromatic N) is 4. The van der Waals surface area contributed by atoms with Crippen LogP contribution in [0.25, 0.3) is 11.0 Å². The van der Waals surface area contributed by atoms with Gasteiger partial charge < -0.3 is 19.7 Å². The van der Waals surface area contributed by atoms with Crippen LogP contribution in [0.3, 0.4) is 0 Å². The summed E-state index contributed by atoms with van der Waals surface area (Å²) in [6.45, 7) is 8.91. The topological polar surface area (TPSA) is 36.3 Å². The molecule has 2 aromatic rings. The zero-order valence-electron chi connectivity index (χ0n) is 13.2. The molecule has 0 atom stereocenters. The first-order valence-corrected chi connectivity index (χ1v) is 8.54. The predicted molar refractivity (Wildman–Crippen MR) is 90.5 cm³/mol. The number of hydrogen-bond acceptors (Lipinski definition) is 4. The maximum Gasteiger partial charge on any atom is 0.142 e. The molecule has 0 amide bonds. The van der Waals surface area contributed by atoms with Crippen LogP contribution in [0, 0.1) is 0 Å². The van der Waals surface area contributed by atoms with Gasteiger partial charge in [0.1, 0.15) is 11.5 Å². The van der Waals surface area contributed by atoms with Crippen LogP contribution < -0.4 is 10.2 Å². The summed E-state index contributed by atoms with van der Waals surface area (Å²) in [5.41, 5.74) is 1.13. The highest BCUT2D eigenvalue weighted by Gasteiger charge is 2.14. The van der Waals surface area contributed by atoms with Crippen molar-refractivity contribution in [1.29, 1.82) is 0 Å². The number of anilines is 1. The van der Waals surface area contributed by atoms with E-state index in [4.69, 9.17) is 4.98 Å². The summed E-state index contributed by atoms with van der Waals surface area (Å²) in [5.74, 6) is 1.12. The Morgan fingerprint density at radius 3 is 2.59 bits per heavy atom. The lowest BCUT2D eigenvalue weighted by Gasteiger charge is -2.28. The van der Waals surface area contributed by atoms with Crippen LogP contribution >= 0.6 is 0 Å². The average Bonchev–Trinajstić information content (AvgIpc) is 3.23. The third-order valence-electron chi connectivity index (χ3n) is 4.89. The SMILES string of the molecule is c1cc2ccn(CCN3CCCC3)c2nc1N1CCNCC1. The number of hydrogen-bond donors (Lipinski definition) is 1. The molecule has 0 aromatic carbocycles. The smallest absolute Gasteiger partial charge is 0.142 e. The quantitative estimate of drug-likeness (QED) is 0.929. The lowest BCUT2D eigenvalue weighted by Crippen LogP contribution is -2.43. The van der Waals surface area contributed by atoms with Crippen molar-refractivity contribution in [2.24, 2.45) is 0 Å². The molecule has 0 saturated carbocycles. The first kappa shape index (κ1) is 14.0. The van der Waals surface area contributed by atoms with Crippen molar-refractivity contribution >= 4 is 16.9 Å². The van der Waals surface area contributed by atoms with E-state index in [1.807, 2.05) is 0 Å². The highest BCUT2D eigenvalue weighted by Crippen LogP contribution is 2.20. The first-order chi connectivity index (χ1) is 10.9. The number of piperazine rings is 1. The summed E-state index contributed by atoms with van der Waals surface area (Å²) in [4.78, 5) is 9.89. The van der Waals surface area contributed by atoms with Gasteiger partial charge in [-0.1, -0.05) is 0 Å². The standard InChI is InChI=1S/C17H25N5/c1-2-9-20(8-1)13-14-22-10-5-15-3-4-16(19-17(15)22)21-11-6-18-7-12-21/h3-5,10,18H,1-2,6-9,11-14H2. The molecule has 2 saturated heterocycles. The molecular formula is C17H25N5. The number of nitrogens with one attached hydrogen (secondary N) is 1. The second-order valence-electron chi connectivity index (χ2n) is 6.38. The van der Waals surface area contributed by atoms with E-state index in [1.54, 1.807) is 0 Å². The fourth-order valence-corrected chi connectivity index (χ4v) is 3.56. The van der Waals surface area contributed by atoms with Gasteiger partial charge in [0.05, 0.1) is 0 Å². The van der Waals surface area contributed by atoms with Crippen molar-refractivity contribution in [2.45, 2.75) is 19.4 Å². The third-order valence-corrected chi connectivity index (χ3v) is 4.89. The Balaban J connectivity index is 1.53. The summed E-state index contributed by atoms with van der Waals surface area (Å²) in [6.07, 6.45) is 4.91. The van der Waals surface area contributed by atoms with Crippen molar-refractivity contribution < 1.29 is 0 Å². The van der Waals surface area contributed by atoms with Crippen LogP contribution in [0.15, 0.2) is 24.4 Å². The summed E-state index contributed by atoms with van der Waals surface area (Å²) < 4.78 is 2.32. The molecule has 2 fully saturated rings. The van der Waals surface area contributed by atoms with Crippen LogP contribution in [0.4, 0.5) is 5.82 Å². The number of fused-ring (bicyclic) bond motifs is 1. The Kier molecular flexibility index (Phi) is 3.99. The zero-order valence-corrected chi connectivity index (χ0v) is 13.2. The van der Waals surface area contributed by atoms with Gasteiger partial charge in [0.25, 0.3) is 0 Å². The fourth-order valence-electron chi connectivity index (χ4n) is 3.56. The zero-order chi connectivity index (χ0) is 14.8. The molecule has 0 radical (unpaired) electrons. The third kappa shape index (κ3) is 2.83. The monoisotopic (exact) mass is 299 g/mol. The number of aromatic nitrogens is 2. The fraction of sp³-hybridized carbons (Fsp3) is 0.588. The summed E-state index contributed by atoms with van der Waals surface area (Å²) in [6, 6.07) is 6.57. The van der Waals surface area contributed by atoms with Crippen LogP contribution in [-0.4, -0.2) is 60.3 Å². The largest absolute Gasteiger partial charge is 0.354 e. The minimum Gasteiger partial charge on any atom is -0.354 e. The Bertz CT molecular complexity index is 623. The van der Waals surface area contributed by atoms with E-state index < -0.39 is 0 Å². The van der Waals surface area contributed by atoms with Crippen molar-refractivity contribution in [2.75, 3.05) is 50.7 Å². The molecule has 5 heteroatoms. The lowest BCUT2D eigenvalue weighted by molar-refractivity contribution is 0.324. The van der Waals surface area contributed by atoms with E-state index in [2.05, 4.69) is 44.1 Å². The summed E-state index contributed by atoms with van der Waals surface area (Å²) in [7, 11) is 0. The van der Waals surface area contributed by atoms with Gasteiger partial charge in [-0.15, -0.1) is 0 Å². The van der Waals surface area contributed by atoms with Gasteiger partial charge in [0.15, 0.2) is 0 Å². The van der Waals surface area contributed by atoms with Gasteiger partial charge in [0.2, 0.25) is 0 Å². The molecular weight excluding hydrogens is 274 g/mol. The van der Waals surface area contributed by atoms with Crippen LogP contribution in [0.5, 0.6) is 0 Å². The number of pyridine rings is 1. The van der Waals surface area contributed by atoms with E-state index in [9.17, 15) is 0 Å². The Morgan fingerprint density at radius 1 is 0.955 bits per heavy atom. The molecule has 4 heterocycles. The van der Waals surface area contributed by atoms with Gasteiger partial charge in [-0.05, 0) is 44.1 Å². The molecule has 5 nitrogen and oxygen atoms in total. The van der Waals surface area contributed by atoms with Crippen LogP contribution in [0.2, 0.25) is 0 Å². The first-order valence-electron chi connectivity index (χ1n) is 8.54. The predicted octanol–water partition coefficient (Wildman–Crippen LogP) is 1.54. The van der Waals surface area contributed by atoms with Crippen molar-refractivity contribution in [3.05, 3.63) is 24.4 Å². The van der Waals surface area contributed by atoms with Crippen molar-refractivity contribution in [3.8, 4) is 0 Å². The molecule has 1 N–H and O–H groups in total. The second kappa shape index (κ2) is 6.26. The van der Waals surface area contributed by atoms with Crippen molar-refractivity contribution in [3.63, 3.8) is 0 Å². The van der Waals surface area contributed by atoms with E-state index in [1.165, 1.54) is 31.3 Å². The highest BCUT2D eigenvalue weighted by molar-refractivity contribution is 5.78. The maximum absolute atomic E-state index is 4.95. The molecule has 2 aliphatic rings. The van der Waals surface area contributed by atoms with E-state index in [0.717, 1.165) is 50.7 Å². The Morgan fingerprint density at radius 2 is 1.77 bits per heavy atom. The number of rotatable bonds is 4. The Hall–Kier alpha value is -1.59. The lowest BCUT2D eigenvalue weighted by atomic mass is 10.3. The van der Waals surface area contributed by atoms with E-state index in [0.29, 0.717) is 0 Å². The highest BCUT2D eigenvalue weighted by atomic mass is 15.2. The summed E-state index contributed by atoms with van der Waals surface area (Å²) >= 11 is 0. The maximum atomic E-state index is 4.95. The minimum atomic E-state index is 1.04. The van der Waals surface area contributed by atoms with Gasteiger partial charge in [-0.3, -0.25) is 0 Å². The average molecular weight is 299 g/mol. The molecule has 2 aromatic heterocycles. The molecule has 22 heavy (non-hydrogen) atoms. The molecule has 0 aliphatic carbocycles. The molecule has 2 aliphatic heterocycles. The molecule has 4 rings (SSSR count).